The van der Waals surface area contributed by atoms with Gasteiger partial charge in [0.1, 0.15) is 0 Å². The smallest absolute Gasteiger partial charge is 0.250 e. The van der Waals surface area contributed by atoms with Crippen LogP contribution >= 0.6 is 46.0 Å². The van der Waals surface area contributed by atoms with Crippen molar-refractivity contribution < 1.29 is 4.79 Å². The van der Waals surface area contributed by atoms with Gasteiger partial charge in [0.2, 0.25) is 0 Å². The first-order valence-corrected chi connectivity index (χ1v) is 9.26. The Kier molecular flexibility index (Phi) is 5.09. The van der Waals surface area contributed by atoms with Gasteiger partial charge in [-0.05, 0) is 24.3 Å². The maximum Gasteiger partial charge on any atom is 0.250 e. The van der Waals surface area contributed by atoms with Crippen molar-refractivity contribution in [2.75, 3.05) is 5.75 Å². The van der Waals surface area contributed by atoms with Crippen LogP contribution in [0.25, 0.3) is 10.2 Å². The van der Waals surface area contributed by atoms with Crippen molar-refractivity contribution in [3.8, 4) is 0 Å². The molecule has 3 rings (SSSR count). The third kappa shape index (κ3) is 4.07. The number of benzene rings is 1. The number of thiazole rings is 1. The summed E-state index contributed by atoms with van der Waals surface area (Å²) in [6, 6.07) is 11.6. The zero-order chi connectivity index (χ0) is 15.4. The molecule has 0 saturated heterocycles. The predicted molar refractivity (Wildman–Crippen MR) is 95.4 cm³/mol. The number of fused-ring (bicyclic) bond motifs is 1. The molecule has 112 valence electrons. The molecular weight excluding hydrogens is 358 g/mol. The van der Waals surface area contributed by atoms with Gasteiger partial charge in [0, 0.05) is 4.88 Å². The number of carbonyl (C=O) groups excluding carboxylic acids is 1. The van der Waals surface area contributed by atoms with E-state index < -0.39 is 0 Å². The van der Waals surface area contributed by atoms with Gasteiger partial charge in [0.15, 0.2) is 4.34 Å². The highest BCUT2D eigenvalue weighted by molar-refractivity contribution is 8.01. The lowest BCUT2D eigenvalue weighted by Gasteiger charge is -1.96. The molecule has 0 bridgehead atoms. The topological polar surface area (TPSA) is 54.4 Å². The second kappa shape index (κ2) is 7.23. The van der Waals surface area contributed by atoms with Gasteiger partial charge in [-0.1, -0.05) is 35.5 Å². The van der Waals surface area contributed by atoms with Gasteiger partial charge < -0.3 is 0 Å². The third-order valence-corrected chi connectivity index (χ3v) is 5.92. The Labute approximate surface area is 144 Å². The average Bonchev–Trinajstić information content (AvgIpc) is 3.11. The number of nitrogens with one attached hydrogen (secondary N) is 1. The van der Waals surface area contributed by atoms with Gasteiger partial charge in [0.05, 0.1) is 26.5 Å². The largest absolute Gasteiger partial charge is 0.272 e. The summed E-state index contributed by atoms with van der Waals surface area (Å²) in [4.78, 5) is 17.1. The molecule has 1 amide bonds. The lowest BCUT2D eigenvalue weighted by Crippen LogP contribution is -2.19. The molecule has 2 aromatic heterocycles. The van der Waals surface area contributed by atoms with E-state index in [1.54, 1.807) is 23.6 Å². The Bertz CT molecular complexity index is 794. The van der Waals surface area contributed by atoms with E-state index in [0.717, 1.165) is 19.4 Å². The molecule has 3 aromatic rings. The normalized spacial score (nSPS) is 11.3. The van der Waals surface area contributed by atoms with Crippen LogP contribution < -0.4 is 5.43 Å². The summed E-state index contributed by atoms with van der Waals surface area (Å²) in [5, 5.41) is 3.91. The van der Waals surface area contributed by atoms with Crippen molar-refractivity contribution in [2.45, 2.75) is 4.34 Å². The number of hydrogen-bond donors (Lipinski definition) is 1. The molecular formula is C14H10ClN3OS3. The first kappa shape index (κ1) is 15.5. The van der Waals surface area contributed by atoms with Crippen LogP contribution in [0.3, 0.4) is 0 Å². The first-order valence-electron chi connectivity index (χ1n) is 6.26. The van der Waals surface area contributed by atoms with Crippen molar-refractivity contribution in [1.29, 1.82) is 0 Å². The van der Waals surface area contributed by atoms with Crippen molar-refractivity contribution >= 4 is 68.4 Å². The minimum atomic E-state index is -0.164. The van der Waals surface area contributed by atoms with E-state index in [4.69, 9.17) is 11.6 Å². The molecule has 0 saturated carbocycles. The standard InChI is InChI=1S/C14H10ClN3OS3/c15-12-6-5-9(21-12)7-16-18-13(19)8-20-14-17-10-3-1-2-4-11(10)22-14/h1-7H,8H2,(H,18,19)/b16-7-. The van der Waals surface area contributed by atoms with Gasteiger partial charge in [-0.3, -0.25) is 4.79 Å². The number of thioether (sulfide) groups is 1. The quantitative estimate of drug-likeness (QED) is 0.416. The highest BCUT2D eigenvalue weighted by Crippen LogP contribution is 2.29. The molecule has 0 spiro atoms. The number of para-hydroxylation sites is 1. The summed E-state index contributed by atoms with van der Waals surface area (Å²) in [6.07, 6.45) is 1.58. The van der Waals surface area contributed by atoms with E-state index >= 15 is 0 Å². The Morgan fingerprint density at radius 2 is 2.18 bits per heavy atom. The maximum atomic E-state index is 11.7. The molecule has 22 heavy (non-hydrogen) atoms. The van der Waals surface area contributed by atoms with Crippen molar-refractivity contribution in [2.24, 2.45) is 5.10 Å². The summed E-state index contributed by atoms with van der Waals surface area (Å²) in [5.74, 6) is 0.116. The van der Waals surface area contributed by atoms with E-state index in [1.165, 1.54) is 23.1 Å². The van der Waals surface area contributed by atoms with Gasteiger partial charge in [-0.15, -0.1) is 22.7 Å². The third-order valence-electron chi connectivity index (χ3n) is 2.58. The monoisotopic (exact) mass is 367 g/mol. The van der Waals surface area contributed by atoms with Crippen LogP contribution in [-0.2, 0) is 4.79 Å². The number of hydrazone groups is 1. The van der Waals surface area contributed by atoms with E-state index in [2.05, 4.69) is 15.5 Å². The zero-order valence-corrected chi connectivity index (χ0v) is 14.4. The lowest BCUT2D eigenvalue weighted by molar-refractivity contribution is -0.118. The SMILES string of the molecule is O=C(CSc1nc2ccccc2s1)N/N=C\c1ccc(Cl)s1. The maximum absolute atomic E-state index is 11.7. The average molecular weight is 368 g/mol. The Morgan fingerprint density at radius 3 is 2.95 bits per heavy atom. The number of aromatic nitrogens is 1. The summed E-state index contributed by atoms with van der Waals surface area (Å²) in [5.41, 5.74) is 3.46. The number of rotatable bonds is 5. The Balaban J connectivity index is 1.50. The molecule has 0 unspecified atom stereocenters. The summed E-state index contributed by atoms with van der Waals surface area (Å²) < 4.78 is 2.70. The molecule has 0 aliphatic heterocycles. The minimum absolute atomic E-state index is 0.164. The molecule has 8 heteroatoms. The molecule has 0 radical (unpaired) electrons. The first-order chi connectivity index (χ1) is 10.7. The molecule has 0 fully saturated rings. The summed E-state index contributed by atoms with van der Waals surface area (Å²) in [6.45, 7) is 0. The summed E-state index contributed by atoms with van der Waals surface area (Å²) >= 11 is 10.2. The van der Waals surface area contributed by atoms with Crippen molar-refractivity contribution in [3.63, 3.8) is 0 Å². The van der Waals surface area contributed by atoms with Crippen LogP contribution in [0.5, 0.6) is 0 Å². The molecule has 4 nitrogen and oxygen atoms in total. The van der Waals surface area contributed by atoms with Crippen LogP contribution in [0.1, 0.15) is 4.88 Å². The molecule has 0 atom stereocenters. The second-order valence-corrected chi connectivity index (χ2v) is 8.17. The Morgan fingerprint density at radius 1 is 1.32 bits per heavy atom. The molecule has 2 heterocycles. The van der Waals surface area contributed by atoms with Crippen LogP contribution in [0, 0.1) is 0 Å². The summed E-state index contributed by atoms with van der Waals surface area (Å²) in [7, 11) is 0. The van der Waals surface area contributed by atoms with E-state index in [-0.39, 0.29) is 11.7 Å². The molecule has 1 aromatic carbocycles. The fourth-order valence-corrected chi connectivity index (χ4v) is 4.43. The minimum Gasteiger partial charge on any atom is -0.272 e. The van der Waals surface area contributed by atoms with Crippen molar-refractivity contribution in [1.82, 2.24) is 10.4 Å². The fourth-order valence-electron chi connectivity index (χ4n) is 1.64. The predicted octanol–water partition coefficient (Wildman–Crippen LogP) is 4.25. The number of amides is 1. The van der Waals surface area contributed by atoms with Crippen molar-refractivity contribution in [3.05, 3.63) is 45.6 Å². The number of hydrogen-bond acceptors (Lipinski definition) is 6. The van der Waals surface area contributed by atoms with E-state index in [0.29, 0.717) is 4.34 Å². The molecule has 0 aliphatic rings. The zero-order valence-electron chi connectivity index (χ0n) is 11.2. The van der Waals surface area contributed by atoms with Crippen LogP contribution in [0.2, 0.25) is 4.34 Å². The number of thiophene rings is 1. The van der Waals surface area contributed by atoms with Gasteiger partial charge in [0.25, 0.3) is 5.91 Å². The van der Waals surface area contributed by atoms with Crippen LogP contribution in [0.4, 0.5) is 0 Å². The van der Waals surface area contributed by atoms with Gasteiger partial charge in [-0.2, -0.15) is 5.10 Å². The number of halogens is 1. The lowest BCUT2D eigenvalue weighted by atomic mass is 10.3. The number of carbonyl (C=O) groups is 1. The highest BCUT2D eigenvalue weighted by Gasteiger charge is 2.06. The van der Waals surface area contributed by atoms with Crippen LogP contribution in [-0.4, -0.2) is 22.9 Å². The van der Waals surface area contributed by atoms with Gasteiger partial charge in [-0.25, -0.2) is 10.4 Å². The highest BCUT2D eigenvalue weighted by atomic mass is 35.5. The second-order valence-electron chi connectivity index (χ2n) is 4.17. The van der Waals surface area contributed by atoms with E-state index in [1.807, 2.05) is 30.3 Å². The molecule has 1 N–H and O–H groups in total. The van der Waals surface area contributed by atoms with Crippen LogP contribution in [0.15, 0.2) is 45.8 Å². The number of nitrogens with zero attached hydrogens (tertiary/aromatic N) is 2. The fraction of sp³-hybridized carbons (Fsp3) is 0.0714. The molecule has 0 aliphatic carbocycles. The van der Waals surface area contributed by atoms with Gasteiger partial charge >= 0.3 is 0 Å². The Hall–Kier alpha value is -1.41. The van der Waals surface area contributed by atoms with E-state index in [9.17, 15) is 4.79 Å².